The first-order valence-corrected chi connectivity index (χ1v) is 9.86. The van der Waals surface area contributed by atoms with E-state index in [1.54, 1.807) is 11.8 Å². The fourth-order valence-electron chi connectivity index (χ4n) is 1.74. The summed E-state index contributed by atoms with van der Waals surface area (Å²) < 4.78 is 1.79. The Kier molecular flexibility index (Phi) is 6.72. The fraction of sp³-hybridized carbons (Fsp3) is 0.400. The standard InChI is InChI=1S/C15H19N3OS3/c1-4-20-14-17-18-15(22-14)21-9-13(19)16-12-7-5-6-11(8-12)10(2)3/h5-8,10H,4,9H2,1-3H3,(H,16,19). The molecule has 7 heteroatoms. The fourth-order valence-corrected chi connectivity index (χ4v) is 4.45. The maximum absolute atomic E-state index is 12.0. The van der Waals surface area contributed by atoms with Gasteiger partial charge in [0.25, 0.3) is 0 Å². The van der Waals surface area contributed by atoms with Crippen molar-refractivity contribution in [2.24, 2.45) is 0 Å². The number of hydrogen-bond acceptors (Lipinski definition) is 6. The van der Waals surface area contributed by atoms with Crippen LogP contribution < -0.4 is 5.32 Å². The smallest absolute Gasteiger partial charge is 0.234 e. The van der Waals surface area contributed by atoms with Gasteiger partial charge >= 0.3 is 0 Å². The molecule has 0 radical (unpaired) electrons. The Morgan fingerprint density at radius 1 is 1.27 bits per heavy atom. The van der Waals surface area contributed by atoms with Gasteiger partial charge < -0.3 is 5.32 Å². The van der Waals surface area contributed by atoms with Gasteiger partial charge in [0.15, 0.2) is 8.68 Å². The molecule has 0 bridgehead atoms. The number of benzene rings is 1. The van der Waals surface area contributed by atoms with Crippen molar-refractivity contribution in [1.82, 2.24) is 10.2 Å². The van der Waals surface area contributed by atoms with E-state index >= 15 is 0 Å². The second-order valence-corrected chi connectivity index (χ2v) is 8.60. The molecule has 1 aromatic heterocycles. The summed E-state index contributed by atoms with van der Waals surface area (Å²) in [5, 5.41) is 11.1. The minimum atomic E-state index is -0.0224. The summed E-state index contributed by atoms with van der Waals surface area (Å²) in [6.07, 6.45) is 0. The largest absolute Gasteiger partial charge is 0.325 e. The molecule has 0 atom stereocenters. The van der Waals surface area contributed by atoms with Gasteiger partial charge in [0, 0.05) is 5.69 Å². The molecule has 0 spiro atoms. The zero-order valence-corrected chi connectivity index (χ0v) is 15.3. The lowest BCUT2D eigenvalue weighted by Gasteiger charge is -2.09. The van der Waals surface area contributed by atoms with Crippen LogP contribution in [0.15, 0.2) is 32.9 Å². The summed E-state index contributed by atoms with van der Waals surface area (Å²) in [7, 11) is 0. The molecule has 0 aliphatic rings. The molecule has 118 valence electrons. The van der Waals surface area contributed by atoms with Gasteiger partial charge in [-0.15, -0.1) is 10.2 Å². The predicted molar refractivity (Wildman–Crippen MR) is 96.2 cm³/mol. The summed E-state index contributed by atoms with van der Waals surface area (Å²) in [5.74, 6) is 1.75. The number of hydrogen-bond donors (Lipinski definition) is 1. The molecule has 2 rings (SSSR count). The first-order chi connectivity index (χ1) is 10.6. The van der Waals surface area contributed by atoms with Crippen molar-refractivity contribution >= 4 is 46.5 Å². The van der Waals surface area contributed by atoms with Crippen molar-refractivity contribution in [3.63, 3.8) is 0 Å². The van der Waals surface area contributed by atoms with Crippen molar-refractivity contribution in [3.05, 3.63) is 29.8 Å². The van der Waals surface area contributed by atoms with E-state index in [1.165, 1.54) is 28.7 Å². The summed E-state index contributed by atoms with van der Waals surface area (Å²) in [4.78, 5) is 12.0. The summed E-state index contributed by atoms with van der Waals surface area (Å²) in [6, 6.07) is 7.98. The van der Waals surface area contributed by atoms with Crippen LogP contribution in [0.4, 0.5) is 5.69 Å². The Labute approximate surface area is 143 Å². The number of rotatable bonds is 7. The average molecular weight is 354 g/mol. The SMILES string of the molecule is CCSc1nnc(SCC(=O)Nc2cccc(C(C)C)c2)s1. The molecule has 0 saturated heterocycles. The predicted octanol–water partition coefficient (Wildman–Crippen LogP) is 4.50. The van der Waals surface area contributed by atoms with Crippen molar-refractivity contribution in [2.45, 2.75) is 35.4 Å². The Bertz CT molecular complexity index is 628. The lowest BCUT2D eigenvalue weighted by molar-refractivity contribution is -0.113. The van der Waals surface area contributed by atoms with E-state index in [1.807, 2.05) is 18.2 Å². The average Bonchev–Trinajstić information content (AvgIpc) is 2.93. The van der Waals surface area contributed by atoms with Crippen molar-refractivity contribution in [3.8, 4) is 0 Å². The number of aromatic nitrogens is 2. The second-order valence-electron chi connectivity index (χ2n) is 4.88. The van der Waals surface area contributed by atoms with Crippen LogP contribution in [-0.2, 0) is 4.79 Å². The Morgan fingerprint density at radius 3 is 2.68 bits per heavy atom. The molecule has 0 fully saturated rings. The maximum atomic E-state index is 12.0. The molecule has 0 saturated carbocycles. The van der Waals surface area contributed by atoms with Crippen LogP contribution in [0.2, 0.25) is 0 Å². The lowest BCUT2D eigenvalue weighted by atomic mass is 10.0. The van der Waals surface area contributed by atoms with Crippen molar-refractivity contribution in [1.29, 1.82) is 0 Å². The van der Waals surface area contributed by atoms with Gasteiger partial charge in [0.2, 0.25) is 5.91 Å². The van der Waals surface area contributed by atoms with Crippen molar-refractivity contribution in [2.75, 3.05) is 16.8 Å². The highest BCUT2D eigenvalue weighted by Gasteiger charge is 2.09. The molecule has 1 amide bonds. The van der Waals surface area contributed by atoms with Crippen LogP contribution in [-0.4, -0.2) is 27.6 Å². The van der Waals surface area contributed by atoms with Gasteiger partial charge in [-0.25, -0.2) is 0 Å². The molecule has 0 unspecified atom stereocenters. The highest BCUT2D eigenvalue weighted by molar-refractivity contribution is 8.03. The minimum absolute atomic E-state index is 0.0224. The number of nitrogens with one attached hydrogen (secondary N) is 1. The number of anilines is 1. The summed E-state index contributed by atoms with van der Waals surface area (Å²) in [6.45, 7) is 6.36. The Morgan fingerprint density at radius 2 is 2.00 bits per heavy atom. The number of thioether (sulfide) groups is 2. The van der Waals surface area contributed by atoms with E-state index in [0.29, 0.717) is 11.7 Å². The molecule has 0 aliphatic heterocycles. The number of carbonyl (C=O) groups is 1. The van der Waals surface area contributed by atoms with Crippen molar-refractivity contribution < 1.29 is 4.79 Å². The zero-order valence-electron chi connectivity index (χ0n) is 12.8. The monoisotopic (exact) mass is 353 g/mol. The molecular weight excluding hydrogens is 334 g/mol. The molecule has 1 aromatic carbocycles. The van der Waals surface area contributed by atoms with Crippen LogP contribution in [0.25, 0.3) is 0 Å². The van der Waals surface area contributed by atoms with Crippen LogP contribution in [0, 0.1) is 0 Å². The highest BCUT2D eigenvalue weighted by Crippen LogP contribution is 2.28. The minimum Gasteiger partial charge on any atom is -0.325 e. The maximum Gasteiger partial charge on any atom is 0.234 e. The quantitative estimate of drug-likeness (QED) is 0.743. The van der Waals surface area contributed by atoms with Crippen LogP contribution in [0.3, 0.4) is 0 Å². The number of amides is 1. The molecule has 1 heterocycles. The Balaban J connectivity index is 1.86. The second kappa shape index (κ2) is 8.55. The third-order valence-electron chi connectivity index (χ3n) is 2.82. The third-order valence-corrected chi connectivity index (χ3v) is 5.89. The zero-order chi connectivity index (χ0) is 15.9. The van der Waals surface area contributed by atoms with Gasteiger partial charge in [-0.1, -0.05) is 67.8 Å². The summed E-state index contributed by atoms with van der Waals surface area (Å²) >= 11 is 4.63. The number of nitrogens with zero attached hydrogens (tertiary/aromatic N) is 2. The van der Waals surface area contributed by atoms with Crippen LogP contribution in [0.5, 0.6) is 0 Å². The topological polar surface area (TPSA) is 54.9 Å². The van der Waals surface area contributed by atoms with Gasteiger partial charge in [-0.2, -0.15) is 0 Å². The molecular formula is C15H19N3OS3. The van der Waals surface area contributed by atoms with E-state index in [0.717, 1.165) is 20.1 Å². The molecule has 4 nitrogen and oxygen atoms in total. The van der Waals surface area contributed by atoms with Gasteiger partial charge in [-0.3, -0.25) is 4.79 Å². The Hall–Kier alpha value is -1.05. The van der Waals surface area contributed by atoms with E-state index in [9.17, 15) is 4.79 Å². The normalized spacial score (nSPS) is 10.9. The first kappa shape index (κ1) is 17.3. The van der Waals surface area contributed by atoms with E-state index < -0.39 is 0 Å². The molecule has 22 heavy (non-hydrogen) atoms. The van der Waals surface area contributed by atoms with E-state index in [2.05, 4.69) is 42.4 Å². The van der Waals surface area contributed by atoms with Gasteiger partial charge in [0.1, 0.15) is 0 Å². The molecule has 1 N–H and O–H groups in total. The first-order valence-electron chi connectivity index (χ1n) is 7.07. The van der Waals surface area contributed by atoms with Crippen LogP contribution >= 0.6 is 34.9 Å². The van der Waals surface area contributed by atoms with E-state index in [4.69, 9.17) is 0 Å². The highest BCUT2D eigenvalue weighted by atomic mass is 32.2. The van der Waals surface area contributed by atoms with Gasteiger partial charge in [-0.05, 0) is 29.4 Å². The molecule has 2 aromatic rings. The third kappa shape index (κ3) is 5.30. The van der Waals surface area contributed by atoms with Gasteiger partial charge in [0.05, 0.1) is 5.75 Å². The van der Waals surface area contributed by atoms with E-state index in [-0.39, 0.29) is 5.91 Å². The van der Waals surface area contributed by atoms with Crippen LogP contribution in [0.1, 0.15) is 32.3 Å². The lowest BCUT2D eigenvalue weighted by Crippen LogP contribution is -2.14. The number of carbonyl (C=O) groups excluding carboxylic acids is 1. The molecule has 0 aliphatic carbocycles. The summed E-state index contributed by atoms with van der Waals surface area (Å²) in [5.41, 5.74) is 2.06.